The highest BCUT2D eigenvalue weighted by atomic mass is 19.2. The molecule has 0 aromatic heterocycles. The first-order chi connectivity index (χ1) is 15.5. The Labute approximate surface area is 190 Å². The van der Waals surface area contributed by atoms with Crippen LogP contribution in [-0.4, -0.2) is 25.0 Å². The van der Waals surface area contributed by atoms with E-state index in [0.717, 1.165) is 25.3 Å². The van der Waals surface area contributed by atoms with E-state index in [2.05, 4.69) is 12.2 Å². The van der Waals surface area contributed by atoms with Crippen LogP contribution >= 0.6 is 0 Å². The SMILES string of the molecule is CCCCCCCCCCCCCCCCOC(=O)CNC(=O)c1ccc(F)c(F)c1F. The lowest BCUT2D eigenvalue weighted by atomic mass is 10.0. The van der Waals surface area contributed by atoms with Crippen LogP contribution in [0.5, 0.6) is 0 Å². The number of benzene rings is 1. The van der Waals surface area contributed by atoms with E-state index in [-0.39, 0.29) is 6.61 Å². The van der Waals surface area contributed by atoms with E-state index >= 15 is 0 Å². The molecule has 32 heavy (non-hydrogen) atoms. The van der Waals surface area contributed by atoms with Gasteiger partial charge in [-0.3, -0.25) is 9.59 Å². The number of unbranched alkanes of at least 4 members (excludes halogenated alkanes) is 13. The van der Waals surface area contributed by atoms with Gasteiger partial charge in [0.15, 0.2) is 17.5 Å². The van der Waals surface area contributed by atoms with Gasteiger partial charge in [0.05, 0.1) is 12.2 Å². The van der Waals surface area contributed by atoms with Crippen molar-refractivity contribution < 1.29 is 27.5 Å². The smallest absolute Gasteiger partial charge is 0.325 e. The fraction of sp³-hybridized carbons (Fsp3) is 0.680. The van der Waals surface area contributed by atoms with Crippen LogP contribution in [0.2, 0.25) is 0 Å². The van der Waals surface area contributed by atoms with Crippen LogP contribution in [0.15, 0.2) is 12.1 Å². The van der Waals surface area contributed by atoms with Gasteiger partial charge in [-0.1, -0.05) is 90.4 Å². The molecule has 0 heterocycles. The average molecular weight is 458 g/mol. The number of esters is 1. The van der Waals surface area contributed by atoms with Gasteiger partial charge >= 0.3 is 5.97 Å². The first-order valence-electron chi connectivity index (χ1n) is 12.0. The van der Waals surface area contributed by atoms with Gasteiger partial charge in [-0.15, -0.1) is 0 Å². The van der Waals surface area contributed by atoms with Gasteiger partial charge in [0.2, 0.25) is 0 Å². The Bertz CT molecular complexity index is 683. The predicted octanol–water partition coefficient (Wildman–Crippen LogP) is 6.86. The topological polar surface area (TPSA) is 55.4 Å². The van der Waals surface area contributed by atoms with E-state index in [1.54, 1.807) is 0 Å². The molecule has 0 aliphatic carbocycles. The van der Waals surface area contributed by atoms with Crippen molar-refractivity contribution in [1.29, 1.82) is 0 Å². The molecule has 0 aliphatic heterocycles. The molecule has 1 aromatic rings. The predicted molar refractivity (Wildman–Crippen MR) is 120 cm³/mol. The third-order valence-corrected chi connectivity index (χ3v) is 5.43. The van der Waals surface area contributed by atoms with E-state index in [4.69, 9.17) is 4.74 Å². The summed E-state index contributed by atoms with van der Waals surface area (Å²) >= 11 is 0. The first kappa shape index (κ1) is 28.0. The molecular formula is C25H38F3NO3. The van der Waals surface area contributed by atoms with Gasteiger partial charge in [0.25, 0.3) is 5.91 Å². The van der Waals surface area contributed by atoms with Crippen molar-refractivity contribution in [2.45, 2.75) is 96.8 Å². The summed E-state index contributed by atoms with van der Waals surface area (Å²) in [6, 6.07) is 1.48. The molecule has 4 nitrogen and oxygen atoms in total. The number of halogens is 3. The second kappa shape index (κ2) is 17.5. The maximum Gasteiger partial charge on any atom is 0.325 e. The summed E-state index contributed by atoms with van der Waals surface area (Å²) in [5.41, 5.74) is -0.663. The van der Waals surface area contributed by atoms with Crippen molar-refractivity contribution in [2.24, 2.45) is 0 Å². The number of carbonyl (C=O) groups is 2. The highest BCUT2D eigenvalue weighted by molar-refractivity contribution is 5.96. The van der Waals surface area contributed by atoms with E-state index in [1.807, 2.05) is 0 Å². The maximum absolute atomic E-state index is 13.6. The van der Waals surface area contributed by atoms with Crippen LogP contribution in [-0.2, 0) is 9.53 Å². The highest BCUT2D eigenvalue weighted by Gasteiger charge is 2.19. The zero-order valence-electron chi connectivity index (χ0n) is 19.3. The maximum atomic E-state index is 13.6. The molecule has 0 radical (unpaired) electrons. The van der Waals surface area contributed by atoms with Gasteiger partial charge in [-0.05, 0) is 18.6 Å². The number of hydrogen-bond donors (Lipinski definition) is 1. The van der Waals surface area contributed by atoms with Gasteiger partial charge in [-0.2, -0.15) is 0 Å². The summed E-state index contributed by atoms with van der Waals surface area (Å²) in [6.07, 6.45) is 17.3. The van der Waals surface area contributed by atoms with Gasteiger partial charge in [-0.25, -0.2) is 13.2 Å². The minimum atomic E-state index is -1.72. The highest BCUT2D eigenvalue weighted by Crippen LogP contribution is 2.15. The molecule has 0 aliphatic rings. The molecule has 7 heteroatoms. The number of hydrogen-bond acceptors (Lipinski definition) is 3. The Hall–Kier alpha value is -2.05. The molecule has 1 amide bonds. The molecule has 0 saturated carbocycles. The van der Waals surface area contributed by atoms with Crippen molar-refractivity contribution in [3.63, 3.8) is 0 Å². The lowest BCUT2D eigenvalue weighted by Crippen LogP contribution is -2.31. The fourth-order valence-corrected chi connectivity index (χ4v) is 3.48. The minimum absolute atomic E-state index is 0.256. The molecule has 0 saturated heterocycles. The monoisotopic (exact) mass is 457 g/mol. The second-order valence-electron chi connectivity index (χ2n) is 8.22. The quantitative estimate of drug-likeness (QED) is 0.149. The van der Waals surface area contributed by atoms with Crippen molar-refractivity contribution in [3.05, 3.63) is 35.1 Å². The lowest BCUT2D eigenvalue weighted by molar-refractivity contribution is -0.142. The van der Waals surface area contributed by atoms with Crippen LogP contribution in [0, 0.1) is 17.5 Å². The number of nitrogens with one attached hydrogen (secondary N) is 1. The van der Waals surface area contributed by atoms with Gasteiger partial charge in [0, 0.05) is 0 Å². The Morgan fingerprint density at radius 3 is 1.78 bits per heavy atom. The summed E-state index contributed by atoms with van der Waals surface area (Å²) in [5.74, 6) is -6.35. The minimum Gasteiger partial charge on any atom is -0.464 e. The number of ether oxygens (including phenoxy) is 1. The first-order valence-corrected chi connectivity index (χ1v) is 12.0. The molecule has 0 fully saturated rings. The van der Waals surface area contributed by atoms with Crippen LogP contribution in [0.4, 0.5) is 13.2 Å². The zero-order chi connectivity index (χ0) is 23.6. The molecule has 0 unspecified atom stereocenters. The number of carbonyl (C=O) groups excluding carboxylic acids is 2. The van der Waals surface area contributed by atoms with E-state index < -0.39 is 41.4 Å². The second-order valence-corrected chi connectivity index (χ2v) is 8.22. The van der Waals surface area contributed by atoms with Crippen molar-refractivity contribution in [1.82, 2.24) is 5.32 Å². The van der Waals surface area contributed by atoms with Crippen molar-refractivity contribution >= 4 is 11.9 Å². The van der Waals surface area contributed by atoms with Gasteiger partial charge in [0.1, 0.15) is 6.54 Å². The van der Waals surface area contributed by atoms with Crippen LogP contribution in [0.3, 0.4) is 0 Å². The molecule has 0 bridgehead atoms. The zero-order valence-corrected chi connectivity index (χ0v) is 19.3. The molecule has 182 valence electrons. The molecule has 1 N–H and O–H groups in total. The van der Waals surface area contributed by atoms with Crippen LogP contribution in [0.1, 0.15) is 107 Å². The van der Waals surface area contributed by atoms with Crippen molar-refractivity contribution in [3.8, 4) is 0 Å². The summed E-state index contributed by atoms with van der Waals surface area (Å²) < 4.78 is 44.6. The molecule has 0 spiro atoms. The largest absolute Gasteiger partial charge is 0.464 e. The molecule has 1 aromatic carbocycles. The third-order valence-electron chi connectivity index (χ3n) is 5.43. The molecular weight excluding hydrogens is 419 g/mol. The summed E-state index contributed by atoms with van der Waals surface area (Å²) in [6.45, 7) is 2.03. The molecule has 0 atom stereocenters. The van der Waals surface area contributed by atoms with Crippen molar-refractivity contribution in [2.75, 3.05) is 13.2 Å². The Morgan fingerprint density at radius 1 is 0.750 bits per heavy atom. The normalized spacial score (nSPS) is 10.9. The van der Waals surface area contributed by atoms with Crippen LogP contribution in [0.25, 0.3) is 0 Å². The lowest BCUT2D eigenvalue weighted by Gasteiger charge is -2.08. The standard InChI is InChI=1S/C25H38F3NO3/c1-2-3-4-5-6-7-8-9-10-11-12-13-14-15-18-32-22(30)19-29-25(31)20-16-17-21(26)24(28)23(20)27/h16-17H,2-15,18-19H2,1H3,(H,29,31). The number of amides is 1. The Morgan fingerprint density at radius 2 is 1.25 bits per heavy atom. The number of rotatable bonds is 18. The van der Waals surface area contributed by atoms with Gasteiger partial charge < -0.3 is 10.1 Å². The summed E-state index contributed by atoms with van der Waals surface area (Å²) in [7, 11) is 0. The summed E-state index contributed by atoms with van der Waals surface area (Å²) in [4.78, 5) is 23.5. The van der Waals surface area contributed by atoms with E-state index in [9.17, 15) is 22.8 Å². The van der Waals surface area contributed by atoms with E-state index in [0.29, 0.717) is 6.07 Å². The average Bonchev–Trinajstić information content (AvgIpc) is 2.78. The third kappa shape index (κ3) is 12.1. The Balaban J connectivity index is 1.96. The van der Waals surface area contributed by atoms with Crippen LogP contribution < -0.4 is 5.32 Å². The molecule has 1 rings (SSSR count). The fourth-order valence-electron chi connectivity index (χ4n) is 3.48. The Kier molecular flexibility index (Phi) is 15.3. The summed E-state index contributed by atoms with van der Waals surface area (Å²) in [5, 5.41) is 2.15. The van der Waals surface area contributed by atoms with E-state index in [1.165, 1.54) is 70.6 Å².